The Hall–Kier alpha value is -2.24. The van der Waals surface area contributed by atoms with Crippen LogP contribution in [-0.4, -0.2) is 37.6 Å². The van der Waals surface area contributed by atoms with E-state index in [2.05, 4.69) is 10.2 Å². The molecule has 1 fully saturated rings. The number of esters is 2. The third-order valence-electron chi connectivity index (χ3n) is 3.95. The van der Waals surface area contributed by atoms with Gasteiger partial charge in [-0.1, -0.05) is 24.3 Å². The molecular weight excluding hydrogens is 248 g/mol. The van der Waals surface area contributed by atoms with Crippen LogP contribution >= 0.6 is 0 Å². The number of nitrogens with zero attached hydrogens (tertiary/aromatic N) is 2. The molecule has 0 aromatic rings. The largest absolute Gasteiger partial charge is 0.464 e. The van der Waals surface area contributed by atoms with Crippen molar-refractivity contribution in [3.8, 4) is 0 Å². The van der Waals surface area contributed by atoms with Gasteiger partial charge in [0.05, 0.1) is 25.0 Å². The van der Waals surface area contributed by atoms with Gasteiger partial charge in [0.2, 0.25) is 0 Å². The van der Waals surface area contributed by atoms with Crippen molar-refractivity contribution in [1.29, 1.82) is 0 Å². The van der Waals surface area contributed by atoms with Crippen molar-refractivity contribution >= 4 is 23.4 Å². The zero-order chi connectivity index (χ0) is 13.7. The first-order valence-corrected chi connectivity index (χ1v) is 5.81. The Kier molecular flexibility index (Phi) is 2.26. The molecule has 0 radical (unpaired) electrons. The van der Waals surface area contributed by atoms with Gasteiger partial charge in [-0.25, -0.2) is 9.59 Å². The van der Waals surface area contributed by atoms with E-state index in [1.807, 2.05) is 24.3 Å². The number of rotatable bonds is 2. The third-order valence-corrected chi connectivity index (χ3v) is 3.95. The van der Waals surface area contributed by atoms with Crippen LogP contribution in [-0.2, 0) is 19.1 Å². The molecular formula is C13H12N2O4. The summed E-state index contributed by atoms with van der Waals surface area (Å²) in [5.41, 5.74) is -0.744. The lowest BCUT2D eigenvalue weighted by Gasteiger charge is -2.25. The Morgan fingerprint density at radius 2 is 1.42 bits per heavy atom. The van der Waals surface area contributed by atoms with Crippen molar-refractivity contribution in [2.75, 3.05) is 14.2 Å². The molecule has 0 amide bonds. The molecule has 98 valence electrons. The van der Waals surface area contributed by atoms with Gasteiger partial charge in [0.1, 0.15) is 0 Å². The van der Waals surface area contributed by atoms with Gasteiger partial charge in [0.25, 0.3) is 0 Å². The van der Waals surface area contributed by atoms with E-state index >= 15 is 0 Å². The molecule has 0 saturated heterocycles. The summed E-state index contributed by atoms with van der Waals surface area (Å²) >= 11 is 0. The van der Waals surface area contributed by atoms with Crippen molar-refractivity contribution in [2.24, 2.45) is 21.0 Å². The molecule has 0 aromatic carbocycles. The average Bonchev–Trinajstić information content (AvgIpc) is 3.15. The SMILES string of the molecule is COC(=O)C1=NN=C(C(=O)OC)C23C=CC=CC12C3. The Morgan fingerprint density at radius 3 is 1.79 bits per heavy atom. The van der Waals surface area contributed by atoms with Gasteiger partial charge < -0.3 is 9.47 Å². The second kappa shape index (κ2) is 3.63. The summed E-state index contributed by atoms with van der Waals surface area (Å²) in [5, 5.41) is 7.77. The van der Waals surface area contributed by atoms with Crippen LogP contribution in [0.15, 0.2) is 34.5 Å². The van der Waals surface area contributed by atoms with E-state index in [0.29, 0.717) is 6.42 Å². The summed E-state index contributed by atoms with van der Waals surface area (Å²) in [7, 11) is 2.60. The maximum atomic E-state index is 11.8. The van der Waals surface area contributed by atoms with E-state index in [9.17, 15) is 9.59 Å². The summed E-state index contributed by atoms with van der Waals surface area (Å²) in [5.74, 6) is -1.04. The first kappa shape index (κ1) is 11.8. The van der Waals surface area contributed by atoms with E-state index in [-0.39, 0.29) is 11.4 Å². The third kappa shape index (κ3) is 1.26. The molecule has 6 heteroatoms. The molecule has 2 atom stereocenters. The Bertz CT molecular complexity index is 550. The summed E-state index contributed by atoms with van der Waals surface area (Å²) < 4.78 is 9.47. The summed E-state index contributed by atoms with van der Waals surface area (Å²) in [6.45, 7) is 0. The van der Waals surface area contributed by atoms with Crippen LogP contribution in [0.4, 0.5) is 0 Å². The fourth-order valence-corrected chi connectivity index (χ4v) is 2.92. The molecule has 1 heterocycles. The molecule has 1 saturated carbocycles. The topological polar surface area (TPSA) is 77.3 Å². The van der Waals surface area contributed by atoms with Crippen LogP contribution in [0.1, 0.15) is 6.42 Å². The highest BCUT2D eigenvalue weighted by atomic mass is 16.5. The van der Waals surface area contributed by atoms with Crippen LogP contribution in [0.5, 0.6) is 0 Å². The van der Waals surface area contributed by atoms with Gasteiger partial charge in [-0.05, 0) is 6.42 Å². The molecule has 0 bridgehead atoms. The molecule has 0 aromatic heterocycles. The van der Waals surface area contributed by atoms with Crippen LogP contribution < -0.4 is 0 Å². The van der Waals surface area contributed by atoms with Crippen LogP contribution in [0.2, 0.25) is 0 Å². The molecule has 6 nitrogen and oxygen atoms in total. The zero-order valence-electron chi connectivity index (χ0n) is 10.5. The van der Waals surface area contributed by atoms with Gasteiger partial charge in [-0.2, -0.15) is 0 Å². The van der Waals surface area contributed by atoms with Gasteiger partial charge in [0, 0.05) is 0 Å². The lowest BCUT2D eigenvalue weighted by atomic mass is 9.80. The fourth-order valence-electron chi connectivity index (χ4n) is 2.92. The second-order valence-corrected chi connectivity index (χ2v) is 4.72. The van der Waals surface area contributed by atoms with Crippen molar-refractivity contribution in [3.05, 3.63) is 24.3 Å². The van der Waals surface area contributed by atoms with E-state index in [4.69, 9.17) is 9.47 Å². The molecule has 3 aliphatic rings. The minimum atomic E-state index is -0.611. The van der Waals surface area contributed by atoms with Gasteiger partial charge in [-0.15, -0.1) is 10.2 Å². The number of hydrogen-bond acceptors (Lipinski definition) is 6. The van der Waals surface area contributed by atoms with Crippen LogP contribution in [0.25, 0.3) is 0 Å². The lowest BCUT2D eigenvalue weighted by molar-refractivity contribution is -0.134. The normalized spacial score (nSPS) is 33.6. The predicted molar refractivity (Wildman–Crippen MR) is 66.7 cm³/mol. The van der Waals surface area contributed by atoms with Crippen molar-refractivity contribution < 1.29 is 19.1 Å². The maximum absolute atomic E-state index is 11.8. The Morgan fingerprint density at radius 1 is 1.00 bits per heavy atom. The maximum Gasteiger partial charge on any atom is 0.355 e. The van der Waals surface area contributed by atoms with Crippen molar-refractivity contribution in [3.63, 3.8) is 0 Å². The zero-order valence-corrected chi connectivity index (χ0v) is 10.5. The molecule has 1 aliphatic heterocycles. The first-order valence-electron chi connectivity index (χ1n) is 5.81. The Labute approximate surface area is 109 Å². The molecule has 3 rings (SSSR count). The predicted octanol–water partition coefficient (Wildman–Crippen LogP) is 0.645. The number of carbonyl (C=O) groups excluding carboxylic acids is 2. The van der Waals surface area contributed by atoms with Crippen LogP contribution in [0, 0.1) is 10.8 Å². The lowest BCUT2D eigenvalue weighted by Crippen LogP contribution is -2.39. The fraction of sp³-hybridized carbons (Fsp3) is 0.385. The number of methoxy groups -OCH3 is 2. The molecule has 0 spiro atoms. The van der Waals surface area contributed by atoms with Gasteiger partial charge in [0.15, 0.2) is 11.4 Å². The number of carbonyl (C=O) groups is 2. The summed E-state index contributed by atoms with van der Waals surface area (Å²) in [6, 6.07) is 0. The standard InChI is InChI=1S/C13H12N2O4/c1-18-10(16)8-12-5-3-4-6-13(12,7-12)9(15-14-8)11(17)19-2/h3-6H,7H2,1-2H3. The first-order chi connectivity index (χ1) is 9.11. The molecule has 0 N–H and O–H groups in total. The van der Waals surface area contributed by atoms with E-state index in [1.165, 1.54) is 14.2 Å². The summed E-state index contributed by atoms with van der Waals surface area (Å²) in [4.78, 5) is 23.6. The smallest absolute Gasteiger partial charge is 0.355 e. The minimum Gasteiger partial charge on any atom is -0.464 e. The molecule has 2 unspecified atom stereocenters. The number of hydrogen-bond donors (Lipinski definition) is 0. The number of allylic oxidation sites excluding steroid dienone is 4. The number of ether oxygens (including phenoxy) is 2. The van der Waals surface area contributed by atoms with E-state index in [1.54, 1.807) is 0 Å². The highest BCUT2D eigenvalue weighted by Crippen LogP contribution is 2.70. The average molecular weight is 260 g/mol. The highest BCUT2D eigenvalue weighted by molar-refractivity contribution is 6.48. The van der Waals surface area contributed by atoms with Gasteiger partial charge >= 0.3 is 11.9 Å². The quantitative estimate of drug-likeness (QED) is 0.683. The van der Waals surface area contributed by atoms with Crippen LogP contribution in [0.3, 0.4) is 0 Å². The monoisotopic (exact) mass is 260 g/mol. The summed E-state index contributed by atoms with van der Waals surface area (Å²) in [6.07, 6.45) is 8.00. The highest BCUT2D eigenvalue weighted by Gasteiger charge is 2.75. The van der Waals surface area contributed by atoms with E-state index in [0.717, 1.165) is 0 Å². The minimum absolute atomic E-state index is 0.239. The van der Waals surface area contributed by atoms with Gasteiger partial charge in [-0.3, -0.25) is 0 Å². The molecule has 2 aliphatic carbocycles. The molecule has 19 heavy (non-hydrogen) atoms. The van der Waals surface area contributed by atoms with Crippen molar-refractivity contribution in [1.82, 2.24) is 0 Å². The van der Waals surface area contributed by atoms with E-state index < -0.39 is 22.8 Å². The van der Waals surface area contributed by atoms with Crippen molar-refractivity contribution in [2.45, 2.75) is 6.42 Å². The Balaban J connectivity index is 2.13. The second-order valence-electron chi connectivity index (χ2n) is 4.72.